The lowest BCUT2D eigenvalue weighted by atomic mass is 10.1. The zero-order valence-corrected chi connectivity index (χ0v) is 17.4. The number of carbonyl (C=O) groups excluding carboxylic acids is 5. The molecule has 0 saturated carbocycles. The fraction of sp³-hybridized carbons (Fsp3) is 0.737. The molecule has 0 aromatic heterocycles. The van der Waals surface area contributed by atoms with Crippen molar-refractivity contribution < 1.29 is 28.7 Å². The molecule has 2 saturated heterocycles. The summed E-state index contributed by atoms with van der Waals surface area (Å²) in [6.07, 6.45) is 2.43. The van der Waals surface area contributed by atoms with Crippen LogP contribution in [0.2, 0.25) is 0 Å². The van der Waals surface area contributed by atoms with Gasteiger partial charge in [-0.25, -0.2) is 4.79 Å². The summed E-state index contributed by atoms with van der Waals surface area (Å²) in [6, 6.07) is -2.92. The molecule has 0 unspecified atom stereocenters. The van der Waals surface area contributed by atoms with Crippen molar-refractivity contribution in [3.8, 4) is 0 Å². The Bertz CT molecular complexity index is 682. The molecule has 2 fully saturated rings. The number of nitrogens with zero attached hydrogens (tertiary/aromatic N) is 2. The number of hydrogen-bond acceptors (Lipinski definition) is 6. The number of esters is 1. The topological polar surface area (TPSA) is 125 Å². The normalized spacial score (nSPS) is 23.3. The van der Waals surface area contributed by atoms with Crippen LogP contribution in [0.3, 0.4) is 0 Å². The molecule has 0 spiro atoms. The summed E-state index contributed by atoms with van der Waals surface area (Å²) in [5, 5.41) is 5.24. The van der Waals surface area contributed by atoms with Gasteiger partial charge in [0.15, 0.2) is 0 Å². The maximum atomic E-state index is 12.9. The van der Waals surface area contributed by atoms with Crippen LogP contribution in [0.15, 0.2) is 0 Å². The van der Waals surface area contributed by atoms with Crippen LogP contribution in [0.1, 0.15) is 46.5 Å². The zero-order valence-electron chi connectivity index (χ0n) is 17.4. The maximum Gasteiger partial charge on any atom is 0.328 e. The minimum Gasteiger partial charge on any atom is -0.467 e. The molecule has 162 valence electrons. The van der Waals surface area contributed by atoms with Crippen LogP contribution < -0.4 is 10.6 Å². The van der Waals surface area contributed by atoms with E-state index in [1.54, 1.807) is 6.92 Å². The Morgan fingerprint density at radius 3 is 1.86 bits per heavy atom. The molecular formula is C19H30N4O6. The van der Waals surface area contributed by atoms with Gasteiger partial charge in [-0.05, 0) is 39.5 Å². The third-order valence-corrected chi connectivity index (χ3v) is 5.44. The van der Waals surface area contributed by atoms with Gasteiger partial charge < -0.3 is 25.2 Å². The summed E-state index contributed by atoms with van der Waals surface area (Å²) in [6.45, 7) is 5.42. The molecule has 4 amide bonds. The molecule has 0 bridgehead atoms. The van der Waals surface area contributed by atoms with Crippen LogP contribution in [0.25, 0.3) is 0 Å². The van der Waals surface area contributed by atoms with E-state index >= 15 is 0 Å². The van der Waals surface area contributed by atoms with E-state index in [1.165, 1.54) is 30.8 Å². The average molecular weight is 410 g/mol. The van der Waals surface area contributed by atoms with Gasteiger partial charge >= 0.3 is 5.97 Å². The fourth-order valence-electron chi connectivity index (χ4n) is 3.88. The summed E-state index contributed by atoms with van der Waals surface area (Å²) in [5.41, 5.74) is 0. The van der Waals surface area contributed by atoms with Crippen molar-refractivity contribution in [2.75, 3.05) is 20.2 Å². The summed E-state index contributed by atoms with van der Waals surface area (Å²) in [7, 11) is 1.23. The van der Waals surface area contributed by atoms with Gasteiger partial charge in [-0.2, -0.15) is 0 Å². The average Bonchev–Trinajstić information content (AvgIpc) is 3.35. The molecule has 10 nitrogen and oxygen atoms in total. The molecule has 0 aliphatic carbocycles. The number of nitrogens with one attached hydrogen (secondary N) is 2. The van der Waals surface area contributed by atoms with Gasteiger partial charge in [0.2, 0.25) is 23.6 Å². The minimum atomic E-state index is -0.830. The molecule has 2 N–H and O–H groups in total. The number of methoxy groups -OCH3 is 1. The summed E-state index contributed by atoms with van der Waals surface area (Å²) in [4.78, 5) is 64.0. The fourth-order valence-corrected chi connectivity index (χ4v) is 3.88. The molecular weight excluding hydrogens is 380 g/mol. The van der Waals surface area contributed by atoms with Crippen molar-refractivity contribution in [1.29, 1.82) is 0 Å². The Labute approximate surface area is 170 Å². The first kappa shape index (κ1) is 22.6. The highest BCUT2D eigenvalue weighted by Crippen LogP contribution is 2.20. The van der Waals surface area contributed by atoms with Crippen molar-refractivity contribution in [3.05, 3.63) is 0 Å². The zero-order chi connectivity index (χ0) is 21.7. The van der Waals surface area contributed by atoms with Gasteiger partial charge in [-0.1, -0.05) is 0 Å². The number of ether oxygens (including phenoxy) is 1. The van der Waals surface area contributed by atoms with Crippen LogP contribution >= 0.6 is 0 Å². The first-order valence-electron chi connectivity index (χ1n) is 9.93. The van der Waals surface area contributed by atoms with Crippen LogP contribution in [-0.2, 0) is 28.7 Å². The second-order valence-electron chi connectivity index (χ2n) is 7.54. The molecule has 2 aliphatic rings. The molecule has 0 radical (unpaired) electrons. The Morgan fingerprint density at radius 2 is 1.34 bits per heavy atom. The lowest BCUT2D eigenvalue weighted by Crippen LogP contribution is -2.56. The molecule has 4 atom stereocenters. The van der Waals surface area contributed by atoms with Crippen molar-refractivity contribution in [2.45, 2.75) is 70.6 Å². The van der Waals surface area contributed by atoms with Crippen LogP contribution in [-0.4, -0.2) is 83.8 Å². The first-order valence-corrected chi connectivity index (χ1v) is 9.93. The highest BCUT2D eigenvalue weighted by atomic mass is 16.5. The van der Waals surface area contributed by atoms with E-state index in [9.17, 15) is 24.0 Å². The Kier molecular flexibility index (Phi) is 7.58. The highest BCUT2D eigenvalue weighted by molar-refractivity contribution is 5.95. The maximum absolute atomic E-state index is 12.9. The van der Waals surface area contributed by atoms with E-state index in [1.807, 2.05) is 0 Å². The Morgan fingerprint density at radius 1 is 0.862 bits per heavy atom. The van der Waals surface area contributed by atoms with Crippen LogP contribution in [0.4, 0.5) is 0 Å². The van der Waals surface area contributed by atoms with E-state index < -0.39 is 36.0 Å². The summed E-state index contributed by atoms with van der Waals surface area (Å²) in [5.74, 6) is -1.89. The van der Waals surface area contributed by atoms with Gasteiger partial charge in [0.1, 0.15) is 24.2 Å². The van der Waals surface area contributed by atoms with Crippen molar-refractivity contribution in [3.63, 3.8) is 0 Å². The summed E-state index contributed by atoms with van der Waals surface area (Å²) < 4.78 is 4.60. The third kappa shape index (κ3) is 5.24. The quantitative estimate of drug-likeness (QED) is 0.551. The van der Waals surface area contributed by atoms with E-state index in [0.717, 1.165) is 6.42 Å². The number of rotatable bonds is 6. The molecule has 0 aromatic carbocycles. The number of likely N-dealkylation sites (tertiary alicyclic amines) is 2. The van der Waals surface area contributed by atoms with Gasteiger partial charge in [-0.15, -0.1) is 0 Å². The third-order valence-electron chi connectivity index (χ3n) is 5.44. The van der Waals surface area contributed by atoms with Gasteiger partial charge in [0.05, 0.1) is 7.11 Å². The predicted octanol–water partition coefficient (Wildman–Crippen LogP) is -0.829. The van der Waals surface area contributed by atoms with Crippen molar-refractivity contribution in [2.24, 2.45) is 0 Å². The largest absolute Gasteiger partial charge is 0.467 e. The lowest BCUT2D eigenvalue weighted by Gasteiger charge is -2.29. The molecule has 2 heterocycles. The van der Waals surface area contributed by atoms with E-state index in [-0.39, 0.29) is 17.7 Å². The van der Waals surface area contributed by atoms with E-state index in [0.29, 0.717) is 32.4 Å². The lowest BCUT2D eigenvalue weighted by molar-refractivity contribution is -0.146. The number of amides is 4. The van der Waals surface area contributed by atoms with Crippen LogP contribution in [0.5, 0.6) is 0 Å². The standard InChI is InChI=1S/C19H30N4O6/c1-11(20-16(25)14-7-5-9-22(14)13(3)24)18(27)23-10-6-8-15(23)17(26)21-12(2)19(28)29-4/h11-12,14-15H,5-10H2,1-4H3,(H,20,25)(H,21,26)/t11-,12-,14-,15-/m0/s1. The molecule has 2 aliphatic heterocycles. The second kappa shape index (κ2) is 9.71. The monoisotopic (exact) mass is 410 g/mol. The van der Waals surface area contributed by atoms with Gasteiger partial charge in [0.25, 0.3) is 0 Å². The summed E-state index contributed by atoms with van der Waals surface area (Å²) >= 11 is 0. The van der Waals surface area contributed by atoms with Crippen molar-refractivity contribution in [1.82, 2.24) is 20.4 Å². The van der Waals surface area contributed by atoms with E-state index in [2.05, 4.69) is 15.4 Å². The molecule has 0 aromatic rings. The van der Waals surface area contributed by atoms with Crippen molar-refractivity contribution >= 4 is 29.6 Å². The Balaban J connectivity index is 1.97. The molecule has 10 heteroatoms. The van der Waals surface area contributed by atoms with Gasteiger partial charge in [-0.3, -0.25) is 19.2 Å². The number of carbonyl (C=O) groups is 5. The highest BCUT2D eigenvalue weighted by Gasteiger charge is 2.39. The Hall–Kier alpha value is -2.65. The SMILES string of the molecule is COC(=O)[C@H](C)NC(=O)[C@@H]1CCCN1C(=O)[C@H](C)NC(=O)[C@@H]1CCCN1C(C)=O. The van der Waals surface area contributed by atoms with Gasteiger partial charge in [0, 0.05) is 20.0 Å². The minimum absolute atomic E-state index is 0.169. The van der Waals surface area contributed by atoms with E-state index in [4.69, 9.17) is 0 Å². The molecule has 2 rings (SSSR count). The predicted molar refractivity (Wildman–Crippen MR) is 102 cm³/mol. The van der Waals surface area contributed by atoms with Crippen LogP contribution in [0, 0.1) is 0 Å². The first-order chi connectivity index (χ1) is 13.7. The second-order valence-corrected chi connectivity index (χ2v) is 7.54. The smallest absolute Gasteiger partial charge is 0.328 e. The number of hydrogen-bond donors (Lipinski definition) is 2. The molecule has 29 heavy (non-hydrogen) atoms.